The Morgan fingerprint density at radius 1 is 1.35 bits per heavy atom. The molecule has 1 fully saturated rings. The highest BCUT2D eigenvalue weighted by Gasteiger charge is 2.40. The van der Waals surface area contributed by atoms with Gasteiger partial charge in [0.25, 0.3) is 5.91 Å². The van der Waals surface area contributed by atoms with Crippen molar-refractivity contribution in [3.8, 4) is 5.75 Å². The quantitative estimate of drug-likeness (QED) is 0.637. The number of pyridine rings is 1. The summed E-state index contributed by atoms with van der Waals surface area (Å²) in [4.78, 5) is 30.9. The Morgan fingerprint density at radius 3 is 2.69 bits per heavy atom. The third-order valence-electron chi connectivity index (χ3n) is 4.04. The molecular formula is C16H18ClF2N3O4. The zero-order valence-corrected chi connectivity index (χ0v) is 15.3. The van der Waals surface area contributed by atoms with Crippen LogP contribution in [0.2, 0.25) is 5.15 Å². The zero-order valence-electron chi connectivity index (χ0n) is 14.5. The van der Waals surface area contributed by atoms with E-state index in [1.165, 1.54) is 9.80 Å². The standard InChI is InChI=1S/C16H18ClF2N3O4/c1-16(2,3)26-15(24)21-4-5-22-8(6-21)7-25-11-9(14(22)23)13(19)20-12(17)10(11)18/h8H,4-7H2,1-3H3. The Balaban J connectivity index is 1.84. The summed E-state index contributed by atoms with van der Waals surface area (Å²) >= 11 is 5.53. The van der Waals surface area contributed by atoms with E-state index >= 15 is 0 Å². The van der Waals surface area contributed by atoms with Crippen LogP contribution in [0.15, 0.2) is 0 Å². The van der Waals surface area contributed by atoms with Crippen LogP contribution in [-0.2, 0) is 4.74 Å². The minimum Gasteiger partial charge on any atom is -0.487 e. The van der Waals surface area contributed by atoms with Crippen molar-refractivity contribution in [1.29, 1.82) is 0 Å². The Bertz CT molecular complexity index is 769. The Morgan fingerprint density at radius 2 is 2.04 bits per heavy atom. The first-order valence-electron chi connectivity index (χ1n) is 8.04. The normalized spacial score (nSPS) is 20.1. The number of hydrogen-bond acceptors (Lipinski definition) is 5. The van der Waals surface area contributed by atoms with Gasteiger partial charge in [0.05, 0.1) is 6.04 Å². The fourth-order valence-corrected chi connectivity index (χ4v) is 3.05. The zero-order chi connectivity index (χ0) is 19.2. The average molecular weight is 390 g/mol. The SMILES string of the molecule is CC(C)(C)OC(=O)N1CCN2C(=O)c3c(F)nc(Cl)c(F)c3OCC2C1. The summed E-state index contributed by atoms with van der Waals surface area (Å²) in [6.07, 6.45) is -0.520. The van der Waals surface area contributed by atoms with Gasteiger partial charge in [0, 0.05) is 19.6 Å². The first-order valence-corrected chi connectivity index (χ1v) is 8.42. The van der Waals surface area contributed by atoms with Gasteiger partial charge in [0.1, 0.15) is 17.8 Å². The van der Waals surface area contributed by atoms with Crippen molar-refractivity contribution in [3.63, 3.8) is 0 Å². The number of piperazine rings is 1. The molecule has 26 heavy (non-hydrogen) atoms. The molecular weight excluding hydrogens is 372 g/mol. The average Bonchev–Trinajstić information content (AvgIpc) is 2.68. The molecule has 10 heteroatoms. The minimum atomic E-state index is -1.19. The van der Waals surface area contributed by atoms with E-state index < -0.39 is 51.9 Å². The van der Waals surface area contributed by atoms with E-state index in [1.807, 2.05) is 0 Å². The molecule has 1 aromatic rings. The van der Waals surface area contributed by atoms with Crippen molar-refractivity contribution in [2.75, 3.05) is 26.2 Å². The second-order valence-corrected chi connectivity index (χ2v) is 7.46. The van der Waals surface area contributed by atoms with E-state index in [1.54, 1.807) is 20.8 Å². The van der Waals surface area contributed by atoms with Crippen LogP contribution >= 0.6 is 11.6 Å². The molecule has 2 aliphatic heterocycles. The predicted molar refractivity (Wildman–Crippen MR) is 87.3 cm³/mol. The number of nitrogens with zero attached hydrogens (tertiary/aromatic N) is 3. The topological polar surface area (TPSA) is 72.0 Å². The van der Waals surface area contributed by atoms with Crippen molar-refractivity contribution in [2.45, 2.75) is 32.4 Å². The lowest BCUT2D eigenvalue weighted by molar-refractivity contribution is 0.000808. The summed E-state index contributed by atoms with van der Waals surface area (Å²) < 4.78 is 38.9. The second-order valence-electron chi connectivity index (χ2n) is 7.10. The molecule has 3 heterocycles. The van der Waals surface area contributed by atoms with E-state index in [0.29, 0.717) is 0 Å². The van der Waals surface area contributed by atoms with Crippen LogP contribution in [0.4, 0.5) is 13.6 Å². The van der Waals surface area contributed by atoms with Gasteiger partial charge in [-0.05, 0) is 20.8 Å². The van der Waals surface area contributed by atoms with E-state index in [2.05, 4.69) is 4.98 Å². The summed E-state index contributed by atoms with van der Waals surface area (Å²) in [5, 5.41) is -0.704. The molecule has 7 nitrogen and oxygen atoms in total. The largest absolute Gasteiger partial charge is 0.487 e. The van der Waals surface area contributed by atoms with Gasteiger partial charge < -0.3 is 19.3 Å². The van der Waals surface area contributed by atoms with Crippen LogP contribution in [0, 0.1) is 11.8 Å². The van der Waals surface area contributed by atoms with Gasteiger partial charge in [0.15, 0.2) is 10.9 Å². The highest BCUT2D eigenvalue weighted by Crippen LogP contribution is 2.33. The number of carbonyl (C=O) groups excluding carboxylic acids is 2. The van der Waals surface area contributed by atoms with E-state index in [0.717, 1.165) is 0 Å². The molecule has 2 aliphatic rings. The molecule has 142 valence electrons. The first kappa shape index (κ1) is 18.6. The molecule has 0 saturated carbocycles. The van der Waals surface area contributed by atoms with Gasteiger partial charge in [-0.25, -0.2) is 9.78 Å². The molecule has 3 rings (SSSR count). The molecule has 0 aromatic carbocycles. The second kappa shape index (κ2) is 6.53. The highest BCUT2D eigenvalue weighted by molar-refractivity contribution is 6.29. The lowest BCUT2D eigenvalue weighted by Gasteiger charge is -2.40. The first-order chi connectivity index (χ1) is 12.1. The van der Waals surface area contributed by atoms with Gasteiger partial charge in [-0.2, -0.15) is 8.78 Å². The fourth-order valence-electron chi connectivity index (χ4n) is 2.89. The summed E-state index contributed by atoms with van der Waals surface area (Å²) in [7, 11) is 0. The number of rotatable bonds is 0. The van der Waals surface area contributed by atoms with Gasteiger partial charge in [0.2, 0.25) is 11.8 Å². The van der Waals surface area contributed by atoms with Crippen molar-refractivity contribution in [3.05, 3.63) is 22.5 Å². The van der Waals surface area contributed by atoms with Crippen LogP contribution in [0.5, 0.6) is 5.75 Å². The minimum absolute atomic E-state index is 0.116. The van der Waals surface area contributed by atoms with Crippen LogP contribution in [0.1, 0.15) is 31.1 Å². The monoisotopic (exact) mass is 389 g/mol. The van der Waals surface area contributed by atoms with Crippen molar-refractivity contribution < 1.29 is 27.8 Å². The van der Waals surface area contributed by atoms with Crippen molar-refractivity contribution >= 4 is 23.6 Å². The van der Waals surface area contributed by atoms with Crippen molar-refractivity contribution in [2.24, 2.45) is 0 Å². The van der Waals surface area contributed by atoms with Gasteiger partial charge >= 0.3 is 6.09 Å². The van der Waals surface area contributed by atoms with E-state index in [-0.39, 0.29) is 26.2 Å². The maximum atomic E-state index is 14.1. The number of aromatic nitrogens is 1. The molecule has 0 N–H and O–H groups in total. The Kier molecular flexibility index (Phi) is 4.68. The highest BCUT2D eigenvalue weighted by atomic mass is 35.5. The summed E-state index contributed by atoms with van der Waals surface area (Å²) in [5.41, 5.74) is -1.24. The summed E-state index contributed by atoms with van der Waals surface area (Å²) in [6, 6.07) is -0.575. The van der Waals surface area contributed by atoms with Crippen LogP contribution < -0.4 is 4.74 Å². The van der Waals surface area contributed by atoms with E-state index in [4.69, 9.17) is 21.1 Å². The number of fused-ring (bicyclic) bond motifs is 2. The molecule has 1 saturated heterocycles. The lowest BCUT2D eigenvalue weighted by Crippen LogP contribution is -2.58. The van der Waals surface area contributed by atoms with E-state index in [9.17, 15) is 18.4 Å². The van der Waals surface area contributed by atoms with Gasteiger partial charge in [-0.15, -0.1) is 0 Å². The van der Waals surface area contributed by atoms with Crippen LogP contribution in [0.25, 0.3) is 0 Å². The molecule has 0 bridgehead atoms. The number of hydrogen-bond donors (Lipinski definition) is 0. The number of carbonyl (C=O) groups is 2. The summed E-state index contributed by atoms with van der Waals surface area (Å²) in [6.45, 7) is 5.59. The smallest absolute Gasteiger partial charge is 0.410 e. The third-order valence-corrected chi connectivity index (χ3v) is 4.29. The summed E-state index contributed by atoms with van der Waals surface area (Å²) in [5.74, 6) is -3.57. The molecule has 0 aliphatic carbocycles. The molecule has 1 atom stereocenters. The van der Waals surface area contributed by atoms with Crippen LogP contribution in [0.3, 0.4) is 0 Å². The fraction of sp³-hybridized carbons (Fsp3) is 0.562. The molecule has 2 amide bonds. The van der Waals surface area contributed by atoms with Crippen LogP contribution in [-0.4, -0.2) is 64.7 Å². The third kappa shape index (κ3) is 3.40. The maximum Gasteiger partial charge on any atom is 0.410 e. The van der Waals surface area contributed by atoms with Crippen molar-refractivity contribution in [1.82, 2.24) is 14.8 Å². The molecule has 0 radical (unpaired) electrons. The molecule has 1 aromatic heterocycles. The lowest BCUT2D eigenvalue weighted by atomic mass is 10.1. The number of ether oxygens (including phenoxy) is 2. The predicted octanol–water partition coefficient (Wildman–Crippen LogP) is 2.47. The Hall–Kier alpha value is -2.16. The molecule has 0 spiro atoms. The Labute approximate surface area is 153 Å². The van der Waals surface area contributed by atoms with Gasteiger partial charge in [-0.3, -0.25) is 4.79 Å². The van der Waals surface area contributed by atoms with Gasteiger partial charge in [-0.1, -0.05) is 11.6 Å². The number of halogens is 3. The maximum absolute atomic E-state index is 14.1. The molecule has 1 unspecified atom stereocenters. The number of amides is 2.